The second-order valence-electron chi connectivity index (χ2n) is 4.06. The van der Waals surface area contributed by atoms with Crippen LogP contribution in [0.3, 0.4) is 0 Å². The van der Waals surface area contributed by atoms with Gasteiger partial charge in [0, 0.05) is 23.0 Å². The standard InChI is InChI=1S/C12H10BrNO4/c13-9-1-2-10(8(3-9)6-15)14-5-7(12(17)18)4-11(14)16/h1-3,6-7H,4-5H2,(H,17,18). The Morgan fingerprint density at radius 2 is 2.22 bits per heavy atom. The number of aliphatic carboxylic acids is 1. The number of halogens is 1. The molecule has 1 unspecified atom stereocenters. The van der Waals surface area contributed by atoms with E-state index in [2.05, 4.69) is 15.9 Å². The van der Waals surface area contributed by atoms with Crippen LogP contribution in [0, 0.1) is 5.92 Å². The Kier molecular flexibility index (Phi) is 3.47. The monoisotopic (exact) mass is 311 g/mol. The Bertz CT molecular complexity index is 529. The van der Waals surface area contributed by atoms with E-state index < -0.39 is 11.9 Å². The van der Waals surface area contributed by atoms with E-state index in [9.17, 15) is 14.4 Å². The summed E-state index contributed by atoms with van der Waals surface area (Å²) in [7, 11) is 0. The quantitative estimate of drug-likeness (QED) is 0.862. The molecule has 1 N–H and O–H groups in total. The van der Waals surface area contributed by atoms with E-state index in [1.807, 2.05) is 0 Å². The molecule has 2 rings (SSSR count). The molecule has 0 spiro atoms. The third kappa shape index (κ3) is 2.28. The molecule has 0 aromatic heterocycles. The Labute approximate surface area is 112 Å². The SMILES string of the molecule is O=Cc1cc(Br)ccc1N1CC(C(=O)O)CC1=O. The molecule has 1 aromatic carbocycles. The van der Waals surface area contributed by atoms with Gasteiger partial charge in [0.25, 0.3) is 0 Å². The third-order valence-electron chi connectivity index (χ3n) is 2.88. The number of carbonyl (C=O) groups is 3. The van der Waals surface area contributed by atoms with Crippen molar-refractivity contribution in [3.63, 3.8) is 0 Å². The summed E-state index contributed by atoms with van der Waals surface area (Å²) < 4.78 is 0.731. The maximum absolute atomic E-state index is 11.8. The molecule has 1 atom stereocenters. The van der Waals surface area contributed by atoms with Crippen LogP contribution in [0.1, 0.15) is 16.8 Å². The number of hydrogen-bond donors (Lipinski definition) is 1. The Morgan fingerprint density at radius 3 is 2.78 bits per heavy atom. The van der Waals surface area contributed by atoms with E-state index in [1.54, 1.807) is 18.2 Å². The van der Waals surface area contributed by atoms with Crippen molar-refractivity contribution in [1.82, 2.24) is 0 Å². The summed E-state index contributed by atoms with van der Waals surface area (Å²) in [4.78, 5) is 35.0. The first kappa shape index (κ1) is 12.8. The number of carboxylic acid groups (broad SMARTS) is 1. The number of anilines is 1. The normalized spacial score (nSPS) is 19.1. The molecule has 0 bridgehead atoms. The highest BCUT2D eigenvalue weighted by Gasteiger charge is 2.35. The second-order valence-corrected chi connectivity index (χ2v) is 4.98. The predicted molar refractivity (Wildman–Crippen MR) is 67.6 cm³/mol. The summed E-state index contributed by atoms with van der Waals surface area (Å²) in [6, 6.07) is 4.95. The molecule has 5 nitrogen and oxygen atoms in total. The number of carbonyl (C=O) groups excluding carboxylic acids is 2. The minimum absolute atomic E-state index is 0.0241. The zero-order valence-electron chi connectivity index (χ0n) is 9.30. The van der Waals surface area contributed by atoms with Crippen molar-refractivity contribution in [1.29, 1.82) is 0 Å². The van der Waals surface area contributed by atoms with Crippen molar-refractivity contribution in [3.05, 3.63) is 28.2 Å². The van der Waals surface area contributed by atoms with Gasteiger partial charge in [-0.1, -0.05) is 15.9 Å². The van der Waals surface area contributed by atoms with Crippen molar-refractivity contribution < 1.29 is 19.5 Å². The molecule has 18 heavy (non-hydrogen) atoms. The number of hydrogen-bond acceptors (Lipinski definition) is 3. The first-order chi connectivity index (χ1) is 8.52. The minimum atomic E-state index is -0.990. The number of carboxylic acids is 1. The zero-order valence-corrected chi connectivity index (χ0v) is 10.9. The molecule has 0 saturated carbocycles. The van der Waals surface area contributed by atoms with Gasteiger partial charge in [-0.2, -0.15) is 0 Å². The summed E-state index contributed by atoms with van der Waals surface area (Å²) in [5.41, 5.74) is 0.825. The van der Waals surface area contributed by atoms with Gasteiger partial charge in [0.1, 0.15) is 0 Å². The molecule has 1 aliphatic heterocycles. The lowest BCUT2D eigenvalue weighted by molar-refractivity contribution is -0.141. The highest BCUT2D eigenvalue weighted by molar-refractivity contribution is 9.10. The first-order valence-corrected chi connectivity index (χ1v) is 6.10. The summed E-state index contributed by atoms with van der Waals surface area (Å²) in [5, 5.41) is 8.91. The number of aldehydes is 1. The van der Waals surface area contributed by atoms with Crippen LogP contribution < -0.4 is 4.90 Å². The van der Waals surface area contributed by atoms with Gasteiger partial charge in [0.05, 0.1) is 11.6 Å². The molecule has 1 aromatic rings. The van der Waals surface area contributed by atoms with Gasteiger partial charge in [0.2, 0.25) is 5.91 Å². The van der Waals surface area contributed by atoms with E-state index >= 15 is 0 Å². The minimum Gasteiger partial charge on any atom is -0.481 e. The third-order valence-corrected chi connectivity index (χ3v) is 3.37. The average Bonchev–Trinajstić information content (AvgIpc) is 2.71. The smallest absolute Gasteiger partial charge is 0.308 e. The number of amides is 1. The molecule has 6 heteroatoms. The number of rotatable bonds is 3. The summed E-state index contributed by atoms with van der Waals surface area (Å²) in [5.74, 6) is -1.97. The van der Waals surface area contributed by atoms with Crippen LogP contribution >= 0.6 is 15.9 Å². The molecule has 0 radical (unpaired) electrons. The van der Waals surface area contributed by atoms with Gasteiger partial charge in [-0.05, 0) is 18.2 Å². The Morgan fingerprint density at radius 1 is 1.50 bits per heavy atom. The molecular weight excluding hydrogens is 302 g/mol. The van der Waals surface area contributed by atoms with Crippen molar-refractivity contribution in [3.8, 4) is 0 Å². The Hall–Kier alpha value is -1.69. The fraction of sp³-hybridized carbons (Fsp3) is 0.250. The maximum atomic E-state index is 11.8. The summed E-state index contributed by atoms with van der Waals surface area (Å²) in [6.07, 6.45) is 0.630. The van der Waals surface area contributed by atoms with E-state index in [0.29, 0.717) is 17.5 Å². The summed E-state index contributed by atoms with van der Waals surface area (Å²) in [6.45, 7) is 0.108. The van der Waals surface area contributed by atoms with Gasteiger partial charge in [-0.15, -0.1) is 0 Å². The van der Waals surface area contributed by atoms with Crippen molar-refractivity contribution in [2.24, 2.45) is 5.92 Å². The van der Waals surface area contributed by atoms with E-state index in [1.165, 1.54) is 4.90 Å². The van der Waals surface area contributed by atoms with Crippen LogP contribution in [0.4, 0.5) is 5.69 Å². The van der Waals surface area contributed by atoms with Gasteiger partial charge in [-0.25, -0.2) is 0 Å². The molecule has 94 valence electrons. The lowest BCUT2D eigenvalue weighted by Crippen LogP contribution is -2.26. The van der Waals surface area contributed by atoms with E-state index in [0.717, 1.165) is 4.47 Å². The van der Waals surface area contributed by atoms with Crippen LogP contribution in [0.15, 0.2) is 22.7 Å². The van der Waals surface area contributed by atoms with E-state index in [-0.39, 0.29) is 18.9 Å². The molecule has 1 heterocycles. The fourth-order valence-electron chi connectivity index (χ4n) is 1.97. The molecule has 1 saturated heterocycles. The topological polar surface area (TPSA) is 74.7 Å². The maximum Gasteiger partial charge on any atom is 0.308 e. The molecular formula is C12H10BrNO4. The van der Waals surface area contributed by atoms with Gasteiger partial charge >= 0.3 is 5.97 Å². The number of benzene rings is 1. The van der Waals surface area contributed by atoms with E-state index in [4.69, 9.17) is 5.11 Å². The highest BCUT2D eigenvalue weighted by Crippen LogP contribution is 2.29. The lowest BCUT2D eigenvalue weighted by atomic mass is 10.1. The largest absolute Gasteiger partial charge is 0.481 e. The van der Waals surface area contributed by atoms with Gasteiger partial charge in [0.15, 0.2) is 6.29 Å². The Balaban J connectivity index is 2.35. The predicted octanol–water partition coefficient (Wildman–Crippen LogP) is 1.70. The molecule has 1 fully saturated rings. The number of nitrogens with zero attached hydrogens (tertiary/aromatic N) is 1. The molecule has 1 aliphatic rings. The molecule has 1 amide bonds. The lowest BCUT2D eigenvalue weighted by Gasteiger charge is -2.18. The highest BCUT2D eigenvalue weighted by atomic mass is 79.9. The summed E-state index contributed by atoms with van der Waals surface area (Å²) >= 11 is 3.24. The average molecular weight is 312 g/mol. The fourth-order valence-corrected chi connectivity index (χ4v) is 2.35. The van der Waals surface area contributed by atoms with Crippen LogP contribution in [0.5, 0.6) is 0 Å². The van der Waals surface area contributed by atoms with Gasteiger partial charge in [-0.3, -0.25) is 14.4 Å². The van der Waals surface area contributed by atoms with Crippen molar-refractivity contribution in [2.75, 3.05) is 11.4 Å². The van der Waals surface area contributed by atoms with Crippen LogP contribution in [-0.4, -0.2) is 29.8 Å². The van der Waals surface area contributed by atoms with Gasteiger partial charge < -0.3 is 10.0 Å². The zero-order chi connectivity index (χ0) is 13.3. The van der Waals surface area contributed by atoms with Crippen LogP contribution in [0.2, 0.25) is 0 Å². The first-order valence-electron chi connectivity index (χ1n) is 5.31. The van der Waals surface area contributed by atoms with Crippen molar-refractivity contribution >= 4 is 39.8 Å². The van der Waals surface area contributed by atoms with Crippen LogP contribution in [-0.2, 0) is 9.59 Å². The van der Waals surface area contributed by atoms with Crippen molar-refractivity contribution in [2.45, 2.75) is 6.42 Å². The molecule has 0 aliphatic carbocycles. The second kappa shape index (κ2) is 4.89. The van der Waals surface area contributed by atoms with Crippen LogP contribution in [0.25, 0.3) is 0 Å².